The minimum atomic E-state index is -0.247. The number of aromatic nitrogens is 1. The Morgan fingerprint density at radius 2 is 2.15 bits per heavy atom. The Bertz CT molecular complexity index is 363. The average Bonchev–Trinajstić information content (AvgIpc) is 2.41. The van der Waals surface area contributed by atoms with Gasteiger partial charge in [-0.2, -0.15) is 0 Å². The summed E-state index contributed by atoms with van der Waals surface area (Å²) in [5.41, 5.74) is 1.20. The summed E-state index contributed by atoms with van der Waals surface area (Å²) < 4.78 is 5.08. The molecule has 0 atom stereocenters. The van der Waals surface area contributed by atoms with Gasteiger partial charge >= 0.3 is 0 Å². The second-order valence-corrected chi connectivity index (χ2v) is 4.28. The molecule has 0 bridgehead atoms. The first-order valence-corrected chi connectivity index (χ1v) is 4.52. The van der Waals surface area contributed by atoms with Gasteiger partial charge in [-0.15, -0.1) is 0 Å². The van der Waals surface area contributed by atoms with E-state index in [4.69, 9.17) is 4.52 Å². The minimum Gasteiger partial charge on any atom is -0.360 e. The zero-order valence-electron chi connectivity index (χ0n) is 8.18. The van der Waals surface area contributed by atoms with E-state index in [1.807, 2.05) is 20.8 Å². The third-order valence-corrected chi connectivity index (χ3v) is 2.75. The number of hydrogen-bond acceptors (Lipinski definition) is 3. The van der Waals surface area contributed by atoms with Crippen LogP contribution >= 0.6 is 0 Å². The van der Waals surface area contributed by atoms with Crippen LogP contribution in [0.5, 0.6) is 0 Å². The molecular formula is C10H13NO2. The number of rotatable bonds is 0. The van der Waals surface area contributed by atoms with Crippen molar-refractivity contribution in [2.24, 2.45) is 5.41 Å². The molecule has 0 aliphatic heterocycles. The molecule has 13 heavy (non-hydrogen) atoms. The van der Waals surface area contributed by atoms with E-state index in [0.29, 0.717) is 0 Å². The average molecular weight is 179 g/mol. The van der Waals surface area contributed by atoms with Crippen molar-refractivity contribution >= 4 is 5.78 Å². The van der Waals surface area contributed by atoms with Crippen LogP contribution in [0.4, 0.5) is 0 Å². The van der Waals surface area contributed by atoms with E-state index >= 15 is 0 Å². The molecule has 1 aromatic heterocycles. The van der Waals surface area contributed by atoms with E-state index in [0.717, 1.165) is 29.9 Å². The van der Waals surface area contributed by atoms with E-state index in [2.05, 4.69) is 5.16 Å². The summed E-state index contributed by atoms with van der Waals surface area (Å²) in [6.07, 6.45) is 1.68. The maximum Gasteiger partial charge on any atom is 0.173 e. The molecule has 70 valence electrons. The Morgan fingerprint density at radius 1 is 1.46 bits per heavy atom. The number of aryl methyl sites for hydroxylation is 2. The van der Waals surface area contributed by atoms with Gasteiger partial charge in [0.1, 0.15) is 5.76 Å². The lowest BCUT2D eigenvalue weighted by Crippen LogP contribution is -2.30. The fraction of sp³-hybridized carbons (Fsp3) is 0.600. The number of carbonyl (C=O) groups is 1. The molecule has 0 aromatic carbocycles. The van der Waals surface area contributed by atoms with Crippen LogP contribution < -0.4 is 0 Å². The Hall–Kier alpha value is -1.12. The number of ketones is 1. The molecule has 1 aliphatic carbocycles. The van der Waals surface area contributed by atoms with Gasteiger partial charge in [-0.3, -0.25) is 4.79 Å². The Kier molecular flexibility index (Phi) is 1.59. The molecule has 3 heteroatoms. The van der Waals surface area contributed by atoms with E-state index in [1.165, 1.54) is 0 Å². The fourth-order valence-electron chi connectivity index (χ4n) is 1.76. The lowest BCUT2D eigenvalue weighted by molar-refractivity contribution is 0.0803. The van der Waals surface area contributed by atoms with Gasteiger partial charge in [0, 0.05) is 11.8 Å². The number of carbonyl (C=O) groups excluding carboxylic acids is 1. The van der Waals surface area contributed by atoms with Gasteiger partial charge in [0.25, 0.3) is 0 Å². The van der Waals surface area contributed by atoms with Crippen LogP contribution in [0.25, 0.3) is 0 Å². The number of hydrogen-bond donors (Lipinski definition) is 0. The molecule has 0 amide bonds. The molecule has 0 spiro atoms. The van der Waals surface area contributed by atoms with E-state index in [1.54, 1.807) is 0 Å². The number of Topliss-reactive ketones (excluding diaryl/α,β-unsaturated/α-hetero) is 1. The molecule has 1 heterocycles. The summed E-state index contributed by atoms with van der Waals surface area (Å²) in [5, 5.41) is 3.82. The zero-order valence-corrected chi connectivity index (χ0v) is 8.18. The highest BCUT2D eigenvalue weighted by molar-refractivity contribution is 6.02. The zero-order chi connectivity index (χ0) is 9.64. The standard InChI is InChI=1S/C10H13NO2/c1-6-8-7(13-11-6)4-5-10(2,3)9(8)12/h4-5H2,1-3H3. The first-order valence-electron chi connectivity index (χ1n) is 4.52. The molecule has 2 rings (SSSR count). The van der Waals surface area contributed by atoms with Gasteiger partial charge in [-0.1, -0.05) is 19.0 Å². The molecule has 0 N–H and O–H groups in total. The van der Waals surface area contributed by atoms with Crippen molar-refractivity contribution < 1.29 is 9.32 Å². The lowest BCUT2D eigenvalue weighted by Gasteiger charge is -2.26. The van der Waals surface area contributed by atoms with Crippen LogP contribution in [0.15, 0.2) is 4.52 Å². The van der Waals surface area contributed by atoms with Crippen LogP contribution in [0.3, 0.4) is 0 Å². The summed E-state index contributed by atoms with van der Waals surface area (Å²) in [4.78, 5) is 11.9. The number of nitrogens with zero attached hydrogens (tertiary/aromatic N) is 1. The monoisotopic (exact) mass is 179 g/mol. The SMILES string of the molecule is Cc1noc2c1C(=O)C(C)(C)CC2. The summed E-state index contributed by atoms with van der Waals surface area (Å²) in [6, 6.07) is 0. The topological polar surface area (TPSA) is 43.1 Å². The first-order chi connectivity index (χ1) is 6.02. The predicted octanol–water partition coefficient (Wildman–Crippen LogP) is 2.14. The number of fused-ring (bicyclic) bond motifs is 1. The molecule has 0 fully saturated rings. The molecule has 0 saturated heterocycles. The minimum absolute atomic E-state index is 0.174. The third kappa shape index (κ3) is 1.10. The van der Waals surface area contributed by atoms with Gasteiger partial charge < -0.3 is 4.52 Å². The first kappa shape index (κ1) is 8.48. The van der Waals surface area contributed by atoms with Crippen molar-refractivity contribution in [3.05, 3.63) is 17.0 Å². The van der Waals surface area contributed by atoms with Crippen molar-refractivity contribution in [2.45, 2.75) is 33.6 Å². The predicted molar refractivity (Wildman–Crippen MR) is 47.7 cm³/mol. The lowest BCUT2D eigenvalue weighted by atomic mass is 9.75. The van der Waals surface area contributed by atoms with E-state index in [9.17, 15) is 4.79 Å². The second-order valence-electron chi connectivity index (χ2n) is 4.28. The summed E-state index contributed by atoms with van der Waals surface area (Å²) in [6.45, 7) is 5.77. The Balaban J connectivity index is 2.55. The molecule has 1 aliphatic rings. The maximum atomic E-state index is 11.9. The highest BCUT2D eigenvalue weighted by Crippen LogP contribution is 2.35. The van der Waals surface area contributed by atoms with Crippen molar-refractivity contribution in [1.82, 2.24) is 5.16 Å². The Morgan fingerprint density at radius 3 is 2.85 bits per heavy atom. The van der Waals surface area contributed by atoms with Crippen molar-refractivity contribution in [3.8, 4) is 0 Å². The van der Waals surface area contributed by atoms with Crippen LogP contribution in [0.1, 0.15) is 42.1 Å². The van der Waals surface area contributed by atoms with Gasteiger partial charge in [0.2, 0.25) is 0 Å². The third-order valence-electron chi connectivity index (χ3n) is 2.75. The molecule has 0 radical (unpaired) electrons. The molecule has 1 aromatic rings. The van der Waals surface area contributed by atoms with Crippen LogP contribution in [-0.4, -0.2) is 10.9 Å². The highest BCUT2D eigenvalue weighted by Gasteiger charge is 2.37. The normalized spacial score (nSPS) is 20.1. The van der Waals surface area contributed by atoms with Crippen molar-refractivity contribution in [1.29, 1.82) is 0 Å². The molecule has 3 nitrogen and oxygen atoms in total. The molecule has 0 saturated carbocycles. The van der Waals surface area contributed by atoms with Crippen molar-refractivity contribution in [2.75, 3.05) is 0 Å². The maximum absolute atomic E-state index is 11.9. The fourth-order valence-corrected chi connectivity index (χ4v) is 1.76. The summed E-state index contributed by atoms with van der Waals surface area (Å²) in [7, 11) is 0. The van der Waals surface area contributed by atoms with Crippen LogP contribution in [-0.2, 0) is 6.42 Å². The van der Waals surface area contributed by atoms with E-state index < -0.39 is 0 Å². The van der Waals surface area contributed by atoms with Crippen LogP contribution in [0.2, 0.25) is 0 Å². The van der Waals surface area contributed by atoms with Gasteiger partial charge in [-0.25, -0.2) is 0 Å². The van der Waals surface area contributed by atoms with Gasteiger partial charge in [0.05, 0.1) is 11.3 Å². The Labute approximate surface area is 77.1 Å². The van der Waals surface area contributed by atoms with Gasteiger partial charge in [0.15, 0.2) is 5.78 Å². The largest absolute Gasteiger partial charge is 0.360 e. The van der Waals surface area contributed by atoms with Gasteiger partial charge in [-0.05, 0) is 13.3 Å². The molecular weight excluding hydrogens is 166 g/mol. The molecule has 0 unspecified atom stereocenters. The summed E-state index contributed by atoms with van der Waals surface area (Å²) in [5.74, 6) is 0.939. The quantitative estimate of drug-likeness (QED) is 0.612. The van der Waals surface area contributed by atoms with Crippen molar-refractivity contribution in [3.63, 3.8) is 0 Å². The van der Waals surface area contributed by atoms with E-state index in [-0.39, 0.29) is 11.2 Å². The highest BCUT2D eigenvalue weighted by atomic mass is 16.5. The smallest absolute Gasteiger partial charge is 0.173 e. The van der Waals surface area contributed by atoms with Crippen LogP contribution in [0, 0.1) is 12.3 Å². The summed E-state index contributed by atoms with van der Waals surface area (Å²) >= 11 is 0. The second kappa shape index (κ2) is 2.44.